The van der Waals surface area contributed by atoms with Crippen LogP contribution in [0.25, 0.3) is 0 Å². The lowest BCUT2D eigenvalue weighted by atomic mass is 10.3. The lowest BCUT2D eigenvalue weighted by Crippen LogP contribution is -2.33. The van der Waals surface area contributed by atoms with Gasteiger partial charge >= 0.3 is 0 Å². The highest BCUT2D eigenvalue weighted by Gasteiger charge is 2.23. The third-order valence-electron chi connectivity index (χ3n) is 2.98. The van der Waals surface area contributed by atoms with Gasteiger partial charge in [0.25, 0.3) is 0 Å². The molecule has 0 fully saturated rings. The van der Waals surface area contributed by atoms with Crippen LogP contribution in [-0.2, 0) is 10.0 Å². The summed E-state index contributed by atoms with van der Waals surface area (Å²) in [6.45, 7) is 3.67. The van der Waals surface area contributed by atoms with Crippen molar-refractivity contribution in [1.29, 1.82) is 0 Å². The van der Waals surface area contributed by atoms with E-state index < -0.39 is 10.0 Å². The van der Waals surface area contributed by atoms with Gasteiger partial charge < -0.3 is 10.6 Å². The third-order valence-corrected chi connectivity index (χ3v) is 5.63. The van der Waals surface area contributed by atoms with E-state index in [1.807, 2.05) is 25.9 Å². The molecule has 0 aromatic heterocycles. The molecule has 2 N–H and O–H groups in total. The molecule has 0 heterocycles. The molecule has 5 nitrogen and oxygen atoms in total. The maximum Gasteiger partial charge on any atom is 0.243 e. The summed E-state index contributed by atoms with van der Waals surface area (Å²) in [7, 11) is 0.489. The molecule has 0 saturated carbocycles. The summed E-state index contributed by atoms with van der Waals surface area (Å²) in [4.78, 5) is 2.31. The number of hydrogen-bond acceptors (Lipinski definition) is 4. The van der Waals surface area contributed by atoms with E-state index in [9.17, 15) is 8.42 Å². The fraction of sp³-hybridized carbons (Fsp3) is 0.538. The number of nitrogen functional groups attached to an aromatic ring is 1. The maximum absolute atomic E-state index is 12.6. The first kappa shape index (κ1) is 17.4. The first-order chi connectivity index (χ1) is 9.28. The zero-order valence-corrected chi connectivity index (χ0v) is 14.5. The Balaban J connectivity index is 2.91. The van der Waals surface area contributed by atoms with Gasteiger partial charge in [-0.15, -0.1) is 0 Å². The van der Waals surface area contributed by atoms with Gasteiger partial charge in [0.05, 0.1) is 4.90 Å². The van der Waals surface area contributed by atoms with E-state index in [4.69, 9.17) is 5.73 Å². The van der Waals surface area contributed by atoms with Crippen LogP contribution in [-0.4, -0.2) is 51.4 Å². The Kier molecular flexibility index (Phi) is 6.44. The molecule has 0 aliphatic heterocycles. The Labute approximate surface area is 129 Å². The van der Waals surface area contributed by atoms with Gasteiger partial charge in [-0.3, -0.25) is 0 Å². The minimum Gasteiger partial charge on any atom is -0.398 e. The van der Waals surface area contributed by atoms with Gasteiger partial charge in [0.15, 0.2) is 0 Å². The maximum atomic E-state index is 12.6. The summed E-state index contributed by atoms with van der Waals surface area (Å²) in [6, 6.07) is 4.70. The molecule has 20 heavy (non-hydrogen) atoms. The summed E-state index contributed by atoms with van der Waals surface area (Å²) >= 11 is 3.27. The van der Waals surface area contributed by atoms with E-state index in [2.05, 4.69) is 15.9 Å². The van der Waals surface area contributed by atoms with Gasteiger partial charge in [-0.05, 0) is 61.2 Å². The van der Waals surface area contributed by atoms with Crippen molar-refractivity contribution >= 4 is 31.6 Å². The van der Waals surface area contributed by atoms with Crippen LogP contribution in [0.4, 0.5) is 5.69 Å². The molecule has 0 amide bonds. The molecule has 0 unspecified atom stereocenters. The van der Waals surface area contributed by atoms with Crippen LogP contribution >= 0.6 is 15.9 Å². The first-order valence-corrected chi connectivity index (χ1v) is 8.72. The van der Waals surface area contributed by atoms with Crippen molar-refractivity contribution in [2.75, 3.05) is 39.5 Å². The molecular formula is C13H22BrN3O2S. The van der Waals surface area contributed by atoms with Crippen LogP contribution < -0.4 is 5.73 Å². The van der Waals surface area contributed by atoms with Crippen molar-refractivity contribution < 1.29 is 8.42 Å². The summed E-state index contributed by atoms with van der Waals surface area (Å²) in [5.41, 5.74) is 6.22. The first-order valence-electron chi connectivity index (χ1n) is 6.49. The Hall–Kier alpha value is -0.630. The van der Waals surface area contributed by atoms with E-state index in [1.54, 1.807) is 18.2 Å². The van der Waals surface area contributed by atoms with Crippen molar-refractivity contribution in [2.24, 2.45) is 0 Å². The summed E-state index contributed by atoms with van der Waals surface area (Å²) in [5.74, 6) is 0. The second-order valence-corrected chi connectivity index (χ2v) is 7.63. The lowest BCUT2D eigenvalue weighted by molar-refractivity contribution is 0.356. The predicted molar refractivity (Wildman–Crippen MR) is 86.2 cm³/mol. The van der Waals surface area contributed by atoms with E-state index >= 15 is 0 Å². The van der Waals surface area contributed by atoms with Crippen molar-refractivity contribution in [3.63, 3.8) is 0 Å². The van der Waals surface area contributed by atoms with Crippen LogP contribution in [0.3, 0.4) is 0 Å². The normalized spacial score (nSPS) is 12.3. The molecule has 0 saturated heterocycles. The number of nitrogens with zero attached hydrogens (tertiary/aromatic N) is 2. The van der Waals surface area contributed by atoms with Gasteiger partial charge in [0, 0.05) is 23.2 Å². The molecule has 1 rings (SSSR count). The van der Waals surface area contributed by atoms with Crippen LogP contribution in [0.2, 0.25) is 0 Å². The topological polar surface area (TPSA) is 66.6 Å². The van der Waals surface area contributed by atoms with Crippen molar-refractivity contribution in [1.82, 2.24) is 9.21 Å². The molecule has 1 aromatic carbocycles. The standard InChI is InChI=1S/C13H22BrN3O2S/c1-4-17(9-5-8-16(2)3)20(18,19)11-6-7-13(15)12(14)10-11/h6-7,10H,4-5,8-9,15H2,1-3H3. The van der Waals surface area contributed by atoms with Gasteiger partial charge in [-0.1, -0.05) is 6.92 Å². The summed E-state index contributed by atoms with van der Waals surface area (Å²) in [5, 5.41) is 0. The molecule has 0 atom stereocenters. The minimum absolute atomic E-state index is 0.269. The zero-order valence-electron chi connectivity index (χ0n) is 12.1. The van der Waals surface area contributed by atoms with Crippen LogP contribution in [0, 0.1) is 0 Å². The third kappa shape index (κ3) is 4.44. The number of nitrogens with two attached hydrogens (primary N) is 1. The fourth-order valence-corrected chi connectivity index (χ4v) is 3.87. The highest BCUT2D eigenvalue weighted by molar-refractivity contribution is 9.10. The Morgan fingerprint density at radius 1 is 1.25 bits per heavy atom. The second-order valence-electron chi connectivity index (χ2n) is 4.84. The lowest BCUT2D eigenvalue weighted by Gasteiger charge is -2.21. The number of hydrogen-bond donors (Lipinski definition) is 1. The van der Waals surface area contributed by atoms with Crippen LogP contribution in [0.15, 0.2) is 27.6 Å². The number of sulfonamides is 1. The molecule has 7 heteroatoms. The Morgan fingerprint density at radius 3 is 2.40 bits per heavy atom. The average molecular weight is 364 g/mol. The van der Waals surface area contributed by atoms with Gasteiger partial charge in [-0.2, -0.15) is 4.31 Å². The average Bonchev–Trinajstić information content (AvgIpc) is 2.37. The van der Waals surface area contributed by atoms with E-state index in [-0.39, 0.29) is 4.90 Å². The van der Waals surface area contributed by atoms with Crippen LogP contribution in [0.1, 0.15) is 13.3 Å². The fourth-order valence-electron chi connectivity index (χ4n) is 1.83. The number of halogens is 1. The predicted octanol–water partition coefficient (Wildman–Crippen LogP) is 1.99. The molecule has 0 bridgehead atoms. The minimum atomic E-state index is -3.46. The molecule has 1 aromatic rings. The van der Waals surface area contributed by atoms with Gasteiger partial charge in [0.2, 0.25) is 10.0 Å². The smallest absolute Gasteiger partial charge is 0.243 e. The summed E-state index contributed by atoms with van der Waals surface area (Å²) < 4.78 is 27.2. The van der Waals surface area contributed by atoms with E-state index in [1.165, 1.54) is 4.31 Å². The molecule has 0 aliphatic rings. The highest BCUT2D eigenvalue weighted by Crippen LogP contribution is 2.25. The molecule has 114 valence electrons. The van der Waals surface area contributed by atoms with Gasteiger partial charge in [-0.25, -0.2) is 8.42 Å². The SMILES string of the molecule is CCN(CCCN(C)C)S(=O)(=O)c1ccc(N)c(Br)c1. The van der Waals surface area contributed by atoms with Crippen molar-refractivity contribution in [3.05, 3.63) is 22.7 Å². The van der Waals surface area contributed by atoms with Crippen LogP contribution in [0.5, 0.6) is 0 Å². The number of benzene rings is 1. The number of anilines is 1. The largest absolute Gasteiger partial charge is 0.398 e. The molecule has 0 radical (unpaired) electrons. The van der Waals surface area contributed by atoms with Crippen molar-refractivity contribution in [3.8, 4) is 0 Å². The molecular weight excluding hydrogens is 342 g/mol. The molecule has 0 spiro atoms. The number of rotatable bonds is 7. The molecule has 0 aliphatic carbocycles. The zero-order chi connectivity index (χ0) is 15.3. The second kappa shape index (κ2) is 7.40. The van der Waals surface area contributed by atoms with E-state index in [0.717, 1.165) is 13.0 Å². The highest BCUT2D eigenvalue weighted by atomic mass is 79.9. The van der Waals surface area contributed by atoms with Crippen molar-refractivity contribution in [2.45, 2.75) is 18.2 Å². The van der Waals surface area contributed by atoms with Gasteiger partial charge in [0.1, 0.15) is 0 Å². The monoisotopic (exact) mass is 363 g/mol. The van der Waals surface area contributed by atoms with E-state index in [0.29, 0.717) is 23.2 Å². The Bertz CT molecular complexity index is 547. The Morgan fingerprint density at radius 2 is 1.90 bits per heavy atom. The summed E-state index contributed by atoms with van der Waals surface area (Å²) in [6.07, 6.45) is 0.802. The quantitative estimate of drug-likeness (QED) is 0.752.